The Morgan fingerprint density at radius 2 is 2.53 bits per heavy atom. The zero-order chi connectivity index (χ0) is 10.7. The lowest BCUT2D eigenvalue weighted by atomic mass is 10.1. The number of nitrogens with two attached hydrogens (primary N) is 1. The molecular weight excluding hydrogens is 188 g/mol. The molecule has 4 nitrogen and oxygen atoms in total. The van der Waals surface area contributed by atoms with Crippen molar-refractivity contribution in [3.8, 4) is 0 Å². The highest BCUT2D eigenvalue weighted by atomic mass is 15.4. The molecule has 1 aliphatic heterocycles. The summed E-state index contributed by atoms with van der Waals surface area (Å²) in [5.74, 6) is 0. The number of aromatic nitrogens is 2. The van der Waals surface area contributed by atoms with Gasteiger partial charge in [-0.15, -0.1) is 0 Å². The van der Waals surface area contributed by atoms with E-state index in [4.69, 9.17) is 5.73 Å². The van der Waals surface area contributed by atoms with Crippen LogP contribution in [0.5, 0.6) is 0 Å². The van der Waals surface area contributed by atoms with Crippen LogP contribution in [0.4, 0.5) is 0 Å². The molecule has 0 spiro atoms. The highest BCUT2D eigenvalue weighted by Gasteiger charge is 2.19. The van der Waals surface area contributed by atoms with Crippen LogP contribution in [0.2, 0.25) is 0 Å². The van der Waals surface area contributed by atoms with E-state index in [9.17, 15) is 0 Å². The first-order valence-electron chi connectivity index (χ1n) is 5.79. The Morgan fingerprint density at radius 1 is 1.67 bits per heavy atom. The third-order valence-electron chi connectivity index (χ3n) is 3.13. The molecule has 84 valence electrons. The van der Waals surface area contributed by atoms with Gasteiger partial charge in [-0.3, -0.25) is 10.00 Å². The predicted molar refractivity (Wildman–Crippen MR) is 60.6 cm³/mol. The number of rotatable bonds is 4. The van der Waals surface area contributed by atoms with Crippen molar-refractivity contribution in [3.63, 3.8) is 0 Å². The summed E-state index contributed by atoms with van der Waals surface area (Å²) in [6, 6.07) is 0. The number of hydrogen-bond donors (Lipinski definition) is 2. The second-order valence-corrected chi connectivity index (χ2v) is 4.20. The predicted octanol–water partition coefficient (Wildman–Crippen LogP) is 0.965. The lowest BCUT2D eigenvalue weighted by molar-refractivity contribution is 0.416. The Morgan fingerprint density at radius 3 is 3.20 bits per heavy atom. The zero-order valence-corrected chi connectivity index (χ0v) is 9.37. The second-order valence-electron chi connectivity index (χ2n) is 4.20. The molecule has 1 unspecified atom stereocenters. The summed E-state index contributed by atoms with van der Waals surface area (Å²) in [6.45, 7) is 4.02. The van der Waals surface area contributed by atoms with E-state index in [1.54, 1.807) is 0 Å². The summed E-state index contributed by atoms with van der Waals surface area (Å²) >= 11 is 0. The molecule has 4 heteroatoms. The molecule has 3 N–H and O–H groups in total. The monoisotopic (exact) mass is 208 g/mol. The van der Waals surface area contributed by atoms with Gasteiger partial charge in [-0.05, 0) is 51.3 Å². The van der Waals surface area contributed by atoms with Gasteiger partial charge in [-0.25, -0.2) is 0 Å². The van der Waals surface area contributed by atoms with Crippen LogP contribution in [0.1, 0.15) is 36.7 Å². The molecule has 1 aromatic rings. The van der Waals surface area contributed by atoms with Crippen LogP contribution in [0.25, 0.3) is 0 Å². The van der Waals surface area contributed by atoms with Crippen LogP contribution in [0, 0.1) is 6.92 Å². The van der Waals surface area contributed by atoms with E-state index in [0.29, 0.717) is 6.17 Å². The third-order valence-corrected chi connectivity index (χ3v) is 3.13. The fraction of sp³-hybridized carbons (Fsp3) is 0.727. The van der Waals surface area contributed by atoms with Gasteiger partial charge < -0.3 is 5.73 Å². The molecular formula is C11H20N4. The fourth-order valence-corrected chi connectivity index (χ4v) is 2.19. The molecule has 1 atom stereocenters. The van der Waals surface area contributed by atoms with Crippen LogP contribution in [0.15, 0.2) is 6.20 Å². The largest absolute Gasteiger partial charge is 0.330 e. The number of nitrogens with one attached hydrogen (secondary N) is 1. The number of hydrogen-bond acceptors (Lipinski definition) is 3. The molecule has 0 saturated carbocycles. The molecule has 0 amide bonds. The van der Waals surface area contributed by atoms with Gasteiger partial charge in [0.05, 0.1) is 6.20 Å². The second kappa shape index (κ2) is 4.77. The van der Waals surface area contributed by atoms with Crippen molar-refractivity contribution in [1.29, 1.82) is 0 Å². The Labute approximate surface area is 90.8 Å². The van der Waals surface area contributed by atoms with Crippen LogP contribution >= 0.6 is 0 Å². The minimum atomic E-state index is 0.414. The van der Waals surface area contributed by atoms with Crippen LogP contribution in [0.3, 0.4) is 0 Å². The van der Waals surface area contributed by atoms with E-state index in [0.717, 1.165) is 25.9 Å². The summed E-state index contributed by atoms with van der Waals surface area (Å²) in [7, 11) is 0. The van der Waals surface area contributed by atoms with Crippen molar-refractivity contribution in [3.05, 3.63) is 17.5 Å². The normalized spacial score (nSPS) is 21.1. The van der Waals surface area contributed by atoms with Crippen molar-refractivity contribution in [2.24, 2.45) is 5.73 Å². The Bertz CT molecular complexity index is 312. The van der Waals surface area contributed by atoms with Crippen molar-refractivity contribution < 1.29 is 0 Å². The van der Waals surface area contributed by atoms with E-state index in [1.165, 1.54) is 24.1 Å². The van der Waals surface area contributed by atoms with E-state index in [-0.39, 0.29) is 0 Å². The van der Waals surface area contributed by atoms with E-state index in [2.05, 4.69) is 22.0 Å². The first-order chi connectivity index (χ1) is 7.33. The molecule has 0 radical (unpaired) electrons. The van der Waals surface area contributed by atoms with E-state index < -0.39 is 0 Å². The zero-order valence-electron chi connectivity index (χ0n) is 9.37. The minimum Gasteiger partial charge on any atom is -0.330 e. The van der Waals surface area contributed by atoms with Gasteiger partial charge in [-0.1, -0.05) is 0 Å². The summed E-state index contributed by atoms with van der Waals surface area (Å²) < 4.78 is 2.12. The molecule has 0 aliphatic carbocycles. The molecule has 1 aromatic heterocycles. The molecule has 0 bridgehead atoms. The number of nitrogens with zero attached hydrogens (tertiary/aromatic N) is 2. The summed E-state index contributed by atoms with van der Waals surface area (Å²) in [5, 5.41) is 7.92. The van der Waals surface area contributed by atoms with Crippen LogP contribution < -0.4 is 11.1 Å². The number of aryl methyl sites for hydroxylation is 1. The average molecular weight is 208 g/mol. The third kappa shape index (κ3) is 2.21. The van der Waals surface area contributed by atoms with Crippen molar-refractivity contribution in [1.82, 2.24) is 15.1 Å². The quantitative estimate of drug-likeness (QED) is 0.775. The molecule has 15 heavy (non-hydrogen) atoms. The van der Waals surface area contributed by atoms with Crippen LogP contribution in [-0.4, -0.2) is 22.9 Å². The molecule has 1 aliphatic rings. The van der Waals surface area contributed by atoms with Gasteiger partial charge in [-0.2, -0.15) is 5.10 Å². The molecule has 1 fully saturated rings. The first kappa shape index (κ1) is 10.6. The maximum atomic E-state index is 5.52. The molecule has 2 heterocycles. The minimum absolute atomic E-state index is 0.414. The lowest BCUT2D eigenvalue weighted by Gasteiger charge is -2.13. The SMILES string of the molecule is Cc1c(CCCN)cnn1C1CCCN1. The van der Waals surface area contributed by atoms with Gasteiger partial charge >= 0.3 is 0 Å². The summed E-state index contributed by atoms with van der Waals surface area (Å²) in [6.07, 6.45) is 6.95. The Kier molecular flexibility index (Phi) is 3.38. The van der Waals surface area contributed by atoms with Gasteiger partial charge in [0.2, 0.25) is 0 Å². The van der Waals surface area contributed by atoms with Gasteiger partial charge in [0.15, 0.2) is 0 Å². The van der Waals surface area contributed by atoms with Crippen LogP contribution in [-0.2, 0) is 6.42 Å². The maximum absolute atomic E-state index is 5.52. The highest BCUT2D eigenvalue weighted by Crippen LogP contribution is 2.20. The summed E-state index contributed by atoms with van der Waals surface area (Å²) in [5.41, 5.74) is 8.15. The average Bonchev–Trinajstić information content (AvgIpc) is 2.84. The lowest BCUT2D eigenvalue weighted by Crippen LogP contribution is -2.22. The molecule has 1 saturated heterocycles. The topological polar surface area (TPSA) is 55.9 Å². The van der Waals surface area contributed by atoms with Crippen molar-refractivity contribution >= 4 is 0 Å². The van der Waals surface area contributed by atoms with Gasteiger partial charge in [0.1, 0.15) is 6.17 Å². The van der Waals surface area contributed by atoms with Gasteiger partial charge in [0.25, 0.3) is 0 Å². The Hall–Kier alpha value is -0.870. The Balaban J connectivity index is 2.08. The van der Waals surface area contributed by atoms with Crippen molar-refractivity contribution in [2.45, 2.75) is 38.8 Å². The van der Waals surface area contributed by atoms with Gasteiger partial charge in [0, 0.05) is 5.69 Å². The van der Waals surface area contributed by atoms with E-state index in [1.807, 2.05) is 6.20 Å². The fourth-order valence-electron chi connectivity index (χ4n) is 2.19. The molecule has 2 rings (SSSR count). The summed E-state index contributed by atoms with van der Waals surface area (Å²) in [4.78, 5) is 0. The smallest absolute Gasteiger partial charge is 0.102 e. The van der Waals surface area contributed by atoms with E-state index >= 15 is 0 Å². The van der Waals surface area contributed by atoms with Crippen molar-refractivity contribution in [2.75, 3.05) is 13.1 Å². The standard InChI is InChI=1S/C11H20N4/c1-9-10(4-2-6-12)8-14-15(9)11-5-3-7-13-11/h8,11,13H,2-7,12H2,1H3. The maximum Gasteiger partial charge on any atom is 0.102 e. The molecule has 0 aromatic carbocycles. The first-order valence-corrected chi connectivity index (χ1v) is 5.79. The highest BCUT2D eigenvalue weighted by molar-refractivity contribution is 5.17.